The van der Waals surface area contributed by atoms with E-state index in [1.54, 1.807) is 6.07 Å². The van der Waals surface area contributed by atoms with Crippen molar-refractivity contribution in [2.24, 2.45) is 5.92 Å². The molecule has 0 aromatic heterocycles. The number of aromatic carboxylic acids is 1. The summed E-state index contributed by atoms with van der Waals surface area (Å²) in [6, 6.07) is 2.88. The van der Waals surface area contributed by atoms with Crippen LogP contribution in [0.1, 0.15) is 29.8 Å². The van der Waals surface area contributed by atoms with Crippen molar-refractivity contribution < 1.29 is 15.0 Å². The van der Waals surface area contributed by atoms with Crippen LogP contribution in [-0.4, -0.2) is 16.2 Å². The molecule has 0 amide bonds. The zero-order valence-corrected chi connectivity index (χ0v) is 8.82. The lowest BCUT2D eigenvalue weighted by Crippen LogP contribution is -2.03. The molecule has 4 nitrogen and oxygen atoms in total. The van der Waals surface area contributed by atoms with E-state index in [1.165, 1.54) is 6.07 Å². The lowest BCUT2D eigenvalue weighted by atomic mass is 9.99. The van der Waals surface area contributed by atoms with Gasteiger partial charge in [-0.1, -0.05) is 13.8 Å². The van der Waals surface area contributed by atoms with Crippen molar-refractivity contribution in [1.82, 2.24) is 0 Å². The van der Waals surface area contributed by atoms with Gasteiger partial charge in [0.15, 0.2) is 0 Å². The second-order valence-corrected chi connectivity index (χ2v) is 3.98. The molecule has 0 atom stereocenters. The molecule has 0 heterocycles. The number of nitrogens with two attached hydrogens (primary N) is 1. The van der Waals surface area contributed by atoms with E-state index < -0.39 is 5.97 Å². The third-order valence-corrected chi connectivity index (χ3v) is 2.07. The first-order chi connectivity index (χ1) is 6.91. The molecule has 0 aliphatic carbocycles. The van der Waals surface area contributed by atoms with E-state index >= 15 is 0 Å². The monoisotopic (exact) mass is 209 g/mol. The number of carbonyl (C=O) groups is 1. The molecular formula is C11H15NO3. The molecule has 0 unspecified atom stereocenters. The van der Waals surface area contributed by atoms with Gasteiger partial charge in [-0.15, -0.1) is 0 Å². The molecule has 0 fully saturated rings. The average molecular weight is 209 g/mol. The Kier molecular flexibility index (Phi) is 3.19. The second-order valence-electron chi connectivity index (χ2n) is 3.98. The van der Waals surface area contributed by atoms with Crippen LogP contribution < -0.4 is 5.73 Å². The van der Waals surface area contributed by atoms with Crippen LogP contribution in [-0.2, 0) is 6.42 Å². The number of phenols is 1. The van der Waals surface area contributed by atoms with Gasteiger partial charge in [0, 0.05) is 5.69 Å². The lowest BCUT2D eigenvalue weighted by Gasteiger charge is -2.10. The molecule has 0 saturated heterocycles. The zero-order chi connectivity index (χ0) is 11.6. The highest BCUT2D eigenvalue weighted by atomic mass is 16.4. The van der Waals surface area contributed by atoms with E-state index in [0.717, 1.165) is 0 Å². The number of benzene rings is 1. The van der Waals surface area contributed by atoms with Crippen LogP contribution in [0, 0.1) is 5.92 Å². The summed E-state index contributed by atoms with van der Waals surface area (Å²) in [6.45, 7) is 3.98. The van der Waals surface area contributed by atoms with E-state index in [9.17, 15) is 9.90 Å². The highest BCUT2D eigenvalue weighted by Gasteiger charge is 2.15. The van der Waals surface area contributed by atoms with Gasteiger partial charge in [0.2, 0.25) is 0 Å². The normalized spacial score (nSPS) is 10.6. The van der Waals surface area contributed by atoms with Crippen molar-refractivity contribution >= 4 is 11.7 Å². The standard InChI is InChI=1S/C11H15NO3/c1-6(2)3-7-4-8(12)5-9(10(7)13)11(14)15/h4-6,13H,3,12H2,1-2H3,(H,14,15). The van der Waals surface area contributed by atoms with Crippen LogP contribution in [0.25, 0.3) is 0 Å². The Morgan fingerprint density at radius 2 is 2.07 bits per heavy atom. The van der Waals surface area contributed by atoms with E-state index in [1.807, 2.05) is 13.8 Å². The highest BCUT2D eigenvalue weighted by molar-refractivity contribution is 5.92. The summed E-state index contributed by atoms with van der Waals surface area (Å²) in [7, 11) is 0. The van der Waals surface area contributed by atoms with Crippen molar-refractivity contribution in [3.63, 3.8) is 0 Å². The number of nitrogen functional groups attached to an aromatic ring is 1. The van der Waals surface area contributed by atoms with Gasteiger partial charge in [-0.25, -0.2) is 4.79 Å². The predicted molar refractivity (Wildman–Crippen MR) is 58.0 cm³/mol. The zero-order valence-electron chi connectivity index (χ0n) is 8.82. The molecule has 1 rings (SSSR count). The van der Waals surface area contributed by atoms with Gasteiger partial charge in [-0.2, -0.15) is 0 Å². The Balaban J connectivity index is 3.22. The van der Waals surface area contributed by atoms with E-state index in [2.05, 4.69) is 0 Å². The molecular weight excluding hydrogens is 194 g/mol. The quantitative estimate of drug-likeness (QED) is 0.524. The van der Waals surface area contributed by atoms with Crippen LogP contribution in [0.5, 0.6) is 5.75 Å². The molecule has 1 aromatic carbocycles. The molecule has 0 radical (unpaired) electrons. The van der Waals surface area contributed by atoms with Gasteiger partial charge in [0.05, 0.1) is 0 Å². The molecule has 0 saturated carbocycles. The Hall–Kier alpha value is -1.71. The molecule has 1 aromatic rings. The first-order valence-corrected chi connectivity index (χ1v) is 4.76. The first kappa shape index (κ1) is 11.4. The third-order valence-electron chi connectivity index (χ3n) is 2.07. The maximum Gasteiger partial charge on any atom is 0.339 e. The Labute approximate surface area is 88.3 Å². The summed E-state index contributed by atoms with van der Waals surface area (Å²) in [5.74, 6) is -1.01. The van der Waals surface area contributed by atoms with E-state index in [-0.39, 0.29) is 11.3 Å². The predicted octanol–water partition coefficient (Wildman–Crippen LogP) is 1.87. The largest absolute Gasteiger partial charge is 0.507 e. The Morgan fingerprint density at radius 1 is 1.47 bits per heavy atom. The van der Waals surface area contributed by atoms with Gasteiger partial charge < -0.3 is 15.9 Å². The number of carboxylic acid groups (broad SMARTS) is 1. The van der Waals surface area contributed by atoms with Gasteiger partial charge >= 0.3 is 5.97 Å². The van der Waals surface area contributed by atoms with Gasteiger partial charge in [0.25, 0.3) is 0 Å². The molecule has 4 N–H and O–H groups in total. The number of hydrogen-bond acceptors (Lipinski definition) is 3. The Morgan fingerprint density at radius 3 is 2.53 bits per heavy atom. The minimum absolute atomic E-state index is 0.134. The van der Waals surface area contributed by atoms with Crippen LogP contribution in [0.4, 0.5) is 5.69 Å². The number of hydrogen-bond donors (Lipinski definition) is 3. The van der Waals surface area contributed by atoms with Crippen molar-refractivity contribution in [1.29, 1.82) is 0 Å². The molecule has 82 valence electrons. The summed E-state index contributed by atoms with van der Waals surface area (Å²) < 4.78 is 0. The topological polar surface area (TPSA) is 83.6 Å². The maximum atomic E-state index is 10.8. The van der Waals surface area contributed by atoms with Crippen LogP contribution in [0.3, 0.4) is 0 Å². The number of anilines is 1. The van der Waals surface area contributed by atoms with E-state index in [4.69, 9.17) is 10.8 Å². The fourth-order valence-corrected chi connectivity index (χ4v) is 1.48. The minimum atomic E-state index is -1.16. The van der Waals surface area contributed by atoms with Crippen molar-refractivity contribution in [2.45, 2.75) is 20.3 Å². The summed E-state index contributed by atoms with van der Waals surface area (Å²) in [6.07, 6.45) is 0.608. The van der Waals surface area contributed by atoms with Crippen LogP contribution in [0.2, 0.25) is 0 Å². The van der Waals surface area contributed by atoms with E-state index in [0.29, 0.717) is 23.6 Å². The number of carboxylic acids is 1. The third kappa shape index (κ3) is 2.62. The fraction of sp³-hybridized carbons (Fsp3) is 0.364. The van der Waals surface area contributed by atoms with Gasteiger partial charge in [0.1, 0.15) is 11.3 Å². The average Bonchev–Trinajstić information content (AvgIpc) is 2.09. The fourth-order valence-electron chi connectivity index (χ4n) is 1.48. The molecule has 0 bridgehead atoms. The Bertz CT molecular complexity index is 386. The molecule has 0 aliphatic heterocycles. The van der Waals surface area contributed by atoms with Crippen molar-refractivity contribution in [3.8, 4) is 5.75 Å². The van der Waals surface area contributed by atoms with Crippen molar-refractivity contribution in [2.75, 3.05) is 5.73 Å². The van der Waals surface area contributed by atoms with Gasteiger partial charge in [-0.3, -0.25) is 0 Å². The SMILES string of the molecule is CC(C)Cc1cc(N)cc(C(=O)O)c1O. The van der Waals surface area contributed by atoms with Crippen LogP contribution in [0.15, 0.2) is 12.1 Å². The van der Waals surface area contributed by atoms with Crippen molar-refractivity contribution in [3.05, 3.63) is 23.3 Å². The molecule has 0 aliphatic rings. The second kappa shape index (κ2) is 4.21. The first-order valence-electron chi connectivity index (χ1n) is 4.76. The number of aromatic hydroxyl groups is 1. The lowest BCUT2D eigenvalue weighted by molar-refractivity contribution is 0.0693. The molecule has 0 spiro atoms. The molecule has 4 heteroatoms. The number of rotatable bonds is 3. The molecule has 15 heavy (non-hydrogen) atoms. The smallest absolute Gasteiger partial charge is 0.339 e. The minimum Gasteiger partial charge on any atom is -0.507 e. The van der Waals surface area contributed by atoms with Crippen LogP contribution >= 0.6 is 0 Å². The summed E-state index contributed by atoms with van der Waals surface area (Å²) in [4.78, 5) is 10.8. The summed E-state index contributed by atoms with van der Waals surface area (Å²) in [5.41, 5.74) is 6.38. The van der Waals surface area contributed by atoms with Gasteiger partial charge in [-0.05, 0) is 30.0 Å². The highest BCUT2D eigenvalue weighted by Crippen LogP contribution is 2.27. The summed E-state index contributed by atoms with van der Waals surface area (Å²) >= 11 is 0. The maximum absolute atomic E-state index is 10.8. The summed E-state index contributed by atoms with van der Waals surface area (Å²) in [5, 5.41) is 18.5.